The Morgan fingerprint density at radius 3 is 2.08 bits per heavy atom. The van der Waals surface area contributed by atoms with E-state index in [2.05, 4.69) is 26.1 Å². The minimum Gasteiger partial charge on any atom is -0.326 e. The fourth-order valence-corrected chi connectivity index (χ4v) is 5.96. The molecular formula is C30H34N2O4S. The van der Waals surface area contributed by atoms with Gasteiger partial charge in [0.15, 0.2) is 5.78 Å². The number of piperidine rings is 1. The maximum Gasteiger partial charge on any atom is 0.243 e. The number of sulfonamides is 1. The maximum atomic E-state index is 13.0. The van der Waals surface area contributed by atoms with Crippen molar-refractivity contribution < 1.29 is 18.0 Å². The lowest BCUT2D eigenvalue weighted by atomic mass is 9.86. The monoisotopic (exact) mass is 518 g/mol. The molecule has 1 heterocycles. The number of amides is 1. The van der Waals surface area contributed by atoms with Gasteiger partial charge in [-0.05, 0) is 55.0 Å². The van der Waals surface area contributed by atoms with Gasteiger partial charge in [0, 0.05) is 35.8 Å². The van der Waals surface area contributed by atoms with E-state index in [4.69, 9.17) is 0 Å². The number of rotatable bonds is 6. The lowest BCUT2D eigenvalue weighted by Crippen LogP contribution is -2.41. The summed E-state index contributed by atoms with van der Waals surface area (Å²) in [5.41, 5.74) is 3.81. The Kier molecular flexibility index (Phi) is 7.67. The van der Waals surface area contributed by atoms with Crippen molar-refractivity contribution in [3.8, 4) is 0 Å². The molecule has 0 bridgehead atoms. The lowest BCUT2D eigenvalue weighted by molar-refractivity contribution is -0.120. The van der Waals surface area contributed by atoms with Crippen LogP contribution in [-0.2, 0) is 20.2 Å². The largest absolute Gasteiger partial charge is 0.326 e. The van der Waals surface area contributed by atoms with Gasteiger partial charge >= 0.3 is 0 Å². The standard InChI is InChI=1S/C30H34N2O4S/c1-21-8-14-27(15-9-21)37(35,36)32-18-16-23(17-19-32)29(34)31-26-7-5-6-24(20-26)28(33)22-10-12-25(13-11-22)30(2,3)4/h5-15,20,23H,16-19H2,1-4H3,(H,31,34). The smallest absolute Gasteiger partial charge is 0.243 e. The molecule has 3 aromatic rings. The second-order valence-electron chi connectivity index (χ2n) is 10.7. The van der Waals surface area contributed by atoms with Gasteiger partial charge in [-0.15, -0.1) is 0 Å². The summed E-state index contributed by atoms with van der Waals surface area (Å²) >= 11 is 0. The molecule has 0 radical (unpaired) electrons. The molecule has 1 fully saturated rings. The Hall–Kier alpha value is -3.29. The van der Waals surface area contributed by atoms with Crippen LogP contribution in [0.5, 0.6) is 0 Å². The molecular weight excluding hydrogens is 484 g/mol. The van der Waals surface area contributed by atoms with Gasteiger partial charge in [-0.1, -0.05) is 74.9 Å². The van der Waals surface area contributed by atoms with Crippen LogP contribution < -0.4 is 5.32 Å². The van der Waals surface area contributed by atoms with Gasteiger partial charge in [0.1, 0.15) is 0 Å². The molecule has 1 aliphatic rings. The van der Waals surface area contributed by atoms with Crippen molar-refractivity contribution in [3.05, 3.63) is 95.1 Å². The molecule has 1 saturated heterocycles. The summed E-state index contributed by atoms with van der Waals surface area (Å²) < 4.78 is 27.3. The number of anilines is 1. The highest BCUT2D eigenvalue weighted by Crippen LogP contribution is 2.26. The number of ketones is 1. The van der Waals surface area contributed by atoms with Crippen LogP contribution >= 0.6 is 0 Å². The van der Waals surface area contributed by atoms with E-state index in [0.29, 0.717) is 29.7 Å². The van der Waals surface area contributed by atoms with E-state index in [-0.39, 0.29) is 41.0 Å². The number of carbonyl (C=O) groups is 2. The molecule has 194 valence electrons. The molecule has 1 aliphatic heterocycles. The van der Waals surface area contributed by atoms with Crippen molar-refractivity contribution in [2.45, 2.75) is 50.8 Å². The molecule has 0 atom stereocenters. The summed E-state index contributed by atoms with van der Waals surface area (Å²) in [5, 5.41) is 2.92. The molecule has 0 saturated carbocycles. The van der Waals surface area contributed by atoms with Gasteiger partial charge in [-0.2, -0.15) is 4.31 Å². The summed E-state index contributed by atoms with van der Waals surface area (Å²) in [5.74, 6) is -0.563. The molecule has 1 N–H and O–H groups in total. The number of hydrogen-bond donors (Lipinski definition) is 1. The Balaban J connectivity index is 1.38. The Bertz CT molecular complexity index is 1380. The van der Waals surface area contributed by atoms with E-state index in [9.17, 15) is 18.0 Å². The van der Waals surface area contributed by atoms with Gasteiger partial charge in [-0.3, -0.25) is 9.59 Å². The summed E-state index contributed by atoms with van der Waals surface area (Å²) in [6, 6.07) is 21.4. The number of hydrogen-bond acceptors (Lipinski definition) is 4. The summed E-state index contributed by atoms with van der Waals surface area (Å²) in [6.45, 7) is 8.87. The molecule has 0 aliphatic carbocycles. The predicted molar refractivity (Wildman–Crippen MR) is 146 cm³/mol. The summed E-state index contributed by atoms with van der Waals surface area (Å²) in [4.78, 5) is 26.3. The van der Waals surface area contributed by atoms with Crippen molar-refractivity contribution in [2.75, 3.05) is 18.4 Å². The quantitative estimate of drug-likeness (QED) is 0.433. The first-order valence-corrected chi connectivity index (χ1v) is 14.0. The number of benzene rings is 3. The molecule has 1 amide bonds. The lowest BCUT2D eigenvalue weighted by Gasteiger charge is -2.30. The fraction of sp³-hybridized carbons (Fsp3) is 0.333. The summed E-state index contributed by atoms with van der Waals surface area (Å²) in [6.07, 6.45) is 0.880. The van der Waals surface area contributed by atoms with Crippen LogP contribution in [0.1, 0.15) is 60.7 Å². The molecule has 37 heavy (non-hydrogen) atoms. The molecule has 7 heteroatoms. The first-order chi connectivity index (χ1) is 17.4. The molecule has 0 spiro atoms. The van der Waals surface area contributed by atoms with E-state index < -0.39 is 10.0 Å². The first-order valence-electron chi connectivity index (χ1n) is 12.6. The number of carbonyl (C=O) groups excluding carboxylic acids is 2. The maximum absolute atomic E-state index is 13.0. The van der Waals surface area contributed by atoms with Crippen LogP contribution in [0.25, 0.3) is 0 Å². The SMILES string of the molecule is Cc1ccc(S(=O)(=O)N2CCC(C(=O)Nc3cccc(C(=O)c4ccc(C(C)(C)C)cc4)c3)CC2)cc1. The second kappa shape index (κ2) is 10.6. The van der Waals surface area contributed by atoms with Gasteiger partial charge in [0.2, 0.25) is 15.9 Å². The van der Waals surface area contributed by atoms with Crippen LogP contribution in [0.15, 0.2) is 77.7 Å². The zero-order valence-corrected chi connectivity index (χ0v) is 22.6. The van der Waals surface area contributed by atoms with Gasteiger partial charge in [0.25, 0.3) is 0 Å². The van der Waals surface area contributed by atoms with Crippen molar-refractivity contribution in [1.29, 1.82) is 0 Å². The Morgan fingerprint density at radius 2 is 1.49 bits per heavy atom. The van der Waals surface area contributed by atoms with Gasteiger partial charge in [0.05, 0.1) is 4.90 Å². The van der Waals surface area contributed by atoms with Crippen LogP contribution in [-0.4, -0.2) is 37.5 Å². The second-order valence-corrected chi connectivity index (χ2v) is 12.7. The topological polar surface area (TPSA) is 83.6 Å². The van der Waals surface area contributed by atoms with E-state index >= 15 is 0 Å². The van der Waals surface area contributed by atoms with Crippen molar-refractivity contribution in [3.63, 3.8) is 0 Å². The number of aryl methyl sites for hydroxylation is 1. The molecule has 6 nitrogen and oxygen atoms in total. The average Bonchev–Trinajstić information content (AvgIpc) is 2.88. The highest BCUT2D eigenvalue weighted by Gasteiger charge is 2.32. The van der Waals surface area contributed by atoms with Gasteiger partial charge in [-0.25, -0.2) is 8.42 Å². The van der Waals surface area contributed by atoms with Crippen molar-refractivity contribution in [1.82, 2.24) is 4.31 Å². The summed E-state index contributed by atoms with van der Waals surface area (Å²) in [7, 11) is -3.58. The minimum atomic E-state index is -3.58. The van der Waals surface area contributed by atoms with E-state index in [0.717, 1.165) is 11.1 Å². The molecule has 3 aromatic carbocycles. The normalized spacial score (nSPS) is 15.4. The van der Waals surface area contributed by atoms with Crippen LogP contribution in [0.4, 0.5) is 5.69 Å². The highest BCUT2D eigenvalue weighted by molar-refractivity contribution is 7.89. The zero-order chi connectivity index (χ0) is 26.8. The highest BCUT2D eigenvalue weighted by atomic mass is 32.2. The molecule has 0 unspecified atom stereocenters. The van der Waals surface area contributed by atoms with Crippen LogP contribution in [0, 0.1) is 12.8 Å². The average molecular weight is 519 g/mol. The van der Waals surface area contributed by atoms with E-state index in [1.165, 1.54) is 4.31 Å². The third kappa shape index (κ3) is 6.17. The van der Waals surface area contributed by atoms with E-state index in [1.54, 1.807) is 48.5 Å². The zero-order valence-electron chi connectivity index (χ0n) is 21.8. The molecule has 0 aromatic heterocycles. The van der Waals surface area contributed by atoms with E-state index in [1.807, 2.05) is 31.2 Å². The van der Waals surface area contributed by atoms with Crippen LogP contribution in [0.3, 0.4) is 0 Å². The number of nitrogens with zero attached hydrogens (tertiary/aromatic N) is 1. The fourth-order valence-electron chi connectivity index (χ4n) is 4.49. The third-order valence-electron chi connectivity index (χ3n) is 6.89. The Labute approximate surface area is 219 Å². The Morgan fingerprint density at radius 1 is 0.865 bits per heavy atom. The van der Waals surface area contributed by atoms with Crippen molar-refractivity contribution in [2.24, 2.45) is 5.92 Å². The first kappa shape index (κ1) is 26.8. The molecule has 4 rings (SSSR count). The van der Waals surface area contributed by atoms with Crippen molar-refractivity contribution >= 4 is 27.4 Å². The van der Waals surface area contributed by atoms with Crippen LogP contribution in [0.2, 0.25) is 0 Å². The minimum absolute atomic E-state index is 0.00673. The third-order valence-corrected chi connectivity index (χ3v) is 8.80. The predicted octanol–water partition coefficient (Wildman–Crippen LogP) is 5.56. The number of nitrogens with one attached hydrogen (secondary N) is 1. The van der Waals surface area contributed by atoms with Gasteiger partial charge < -0.3 is 5.32 Å².